The van der Waals surface area contributed by atoms with Crippen molar-refractivity contribution < 1.29 is 14.4 Å². The molecular weight excluding hydrogens is 354 g/mol. The van der Waals surface area contributed by atoms with Gasteiger partial charge in [0.1, 0.15) is 6.54 Å². The molecule has 2 aromatic rings. The number of hydrogen-bond donors (Lipinski definition) is 2. The molecule has 2 aromatic carbocycles. The van der Waals surface area contributed by atoms with Gasteiger partial charge in [-0.2, -0.15) is 0 Å². The lowest BCUT2D eigenvalue weighted by Crippen LogP contribution is -2.47. The number of nitrogens with one attached hydrogen (secondary N) is 2. The highest BCUT2D eigenvalue weighted by Gasteiger charge is 2.54. The molecule has 4 rings (SSSR count). The first-order valence-electron chi connectivity index (χ1n) is 9.57. The molecule has 1 heterocycles. The van der Waals surface area contributed by atoms with Crippen molar-refractivity contribution in [3.05, 3.63) is 71.8 Å². The van der Waals surface area contributed by atoms with E-state index in [9.17, 15) is 14.4 Å². The maximum Gasteiger partial charge on any atom is 0.326 e. The molecule has 0 spiro atoms. The van der Waals surface area contributed by atoms with Crippen molar-refractivity contribution in [3.8, 4) is 0 Å². The lowest BCUT2D eigenvalue weighted by Gasteiger charge is -2.28. The van der Waals surface area contributed by atoms with Gasteiger partial charge in [-0.15, -0.1) is 0 Å². The zero-order chi connectivity index (χ0) is 19.7. The summed E-state index contributed by atoms with van der Waals surface area (Å²) >= 11 is 0. The number of benzene rings is 2. The molecule has 2 N–H and O–H groups in total. The third-order valence-corrected chi connectivity index (χ3v) is 5.54. The lowest BCUT2D eigenvalue weighted by molar-refractivity contribution is -0.134. The fraction of sp³-hybridized carbons (Fsp3) is 0.318. The maximum absolute atomic E-state index is 13.5. The Bertz CT molecular complexity index is 854. The second kappa shape index (κ2) is 7.11. The molecule has 1 saturated carbocycles. The van der Waals surface area contributed by atoms with Crippen LogP contribution in [-0.4, -0.2) is 35.3 Å². The first-order valence-corrected chi connectivity index (χ1v) is 9.57. The molecule has 1 atom stereocenters. The summed E-state index contributed by atoms with van der Waals surface area (Å²) in [5.74, 6) is -0.260. The summed E-state index contributed by atoms with van der Waals surface area (Å²) in [5, 5.41) is 5.75. The number of carbonyl (C=O) groups excluding carboxylic acids is 3. The predicted molar refractivity (Wildman–Crippen MR) is 104 cm³/mol. The molecule has 1 aliphatic carbocycles. The molecule has 1 aliphatic heterocycles. The number of urea groups is 1. The average Bonchev–Trinajstić information content (AvgIpc) is 3.53. The van der Waals surface area contributed by atoms with Crippen LogP contribution in [0.25, 0.3) is 0 Å². The second-order valence-electron chi connectivity index (χ2n) is 7.50. The Labute approximate surface area is 163 Å². The third kappa shape index (κ3) is 3.15. The summed E-state index contributed by atoms with van der Waals surface area (Å²) in [6.45, 7) is 1.67. The molecule has 2 aliphatic rings. The topological polar surface area (TPSA) is 78.5 Å². The predicted octanol–water partition coefficient (Wildman–Crippen LogP) is 2.40. The Kier molecular flexibility index (Phi) is 4.63. The van der Waals surface area contributed by atoms with Crippen LogP contribution in [0.15, 0.2) is 60.7 Å². The summed E-state index contributed by atoms with van der Waals surface area (Å²) in [5.41, 5.74) is -0.00949. The number of carbonyl (C=O) groups is 3. The molecular formula is C22H23N3O3. The van der Waals surface area contributed by atoms with Crippen LogP contribution >= 0.6 is 0 Å². The Balaban J connectivity index is 1.64. The maximum atomic E-state index is 13.5. The minimum Gasteiger partial charge on any atom is -0.352 e. The van der Waals surface area contributed by atoms with E-state index in [1.54, 1.807) is 0 Å². The van der Waals surface area contributed by atoms with Crippen molar-refractivity contribution in [2.24, 2.45) is 5.92 Å². The van der Waals surface area contributed by atoms with Gasteiger partial charge in [0.15, 0.2) is 5.54 Å². The number of imide groups is 1. The van der Waals surface area contributed by atoms with Crippen LogP contribution in [0.3, 0.4) is 0 Å². The zero-order valence-corrected chi connectivity index (χ0v) is 15.7. The summed E-state index contributed by atoms with van der Waals surface area (Å²) in [4.78, 5) is 39.6. The van der Waals surface area contributed by atoms with Gasteiger partial charge >= 0.3 is 6.03 Å². The van der Waals surface area contributed by atoms with Gasteiger partial charge in [-0.1, -0.05) is 60.7 Å². The molecule has 28 heavy (non-hydrogen) atoms. The van der Waals surface area contributed by atoms with Gasteiger partial charge in [-0.05, 0) is 36.8 Å². The van der Waals surface area contributed by atoms with Crippen molar-refractivity contribution in [1.29, 1.82) is 0 Å². The fourth-order valence-electron chi connectivity index (χ4n) is 3.81. The van der Waals surface area contributed by atoms with Crippen LogP contribution in [0.1, 0.15) is 30.9 Å². The van der Waals surface area contributed by atoms with Crippen LogP contribution < -0.4 is 10.6 Å². The molecule has 0 unspecified atom stereocenters. The Morgan fingerprint density at radius 3 is 2.11 bits per heavy atom. The van der Waals surface area contributed by atoms with Gasteiger partial charge < -0.3 is 10.6 Å². The van der Waals surface area contributed by atoms with E-state index in [4.69, 9.17) is 0 Å². The van der Waals surface area contributed by atoms with E-state index in [1.165, 1.54) is 0 Å². The highest BCUT2D eigenvalue weighted by atomic mass is 16.2. The van der Waals surface area contributed by atoms with Crippen molar-refractivity contribution in [2.75, 3.05) is 6.54 Å². The van der Waals surface area contributed by atoms with Crippen LogP contribution in [0.2, 0.25) is 0 Å². The minimum atomic E-state index is -1.33. The van der Waals surface area contributed by atoms with Gasteiger partial charge in [-0.3, -0.25) is 14.5 Å². The summed E-state index contributed by atoms with van der Waals surface area (Å²) in [7, 11) is 0. The van der Waals surface area contributed by atoms with Crippen LogP contribution in [0.4, 0.5) is 4.79 Å². The van der Waals surface area contributed by atoms with E-state index in [0.29, 0.717) is 17.0 Å². The first kappa shape index (κ1) is 18.2. The fourth-order valence-corrected chi connectivity index (χ4v) is 3.81. The lowest BCUT2D eigenvalue weighted by atomic mass is 9.82. The van der Waals surface area contributed by atoms with E-state index in [-0.39, 0.29) is 18.5 Å². The molecule has 0 aromatic heterocycles. The van der Waals surface area contributed by atoms with E-state index in [2.05, 4.69) is 10.6 Å². The van der Waals surface area contributed by atoms with Crippen LogP contribution in [-0.2, 0) is 15.1 Å². The van der Waals surface area contributed by atoms with Crippen molar-refractivity contribution >= 4 is 17.8 Å². The van der Waals surface area contributed by atoms with E-state index >= 15 is 0 Å². The molecule has 2 fully saturated rings. The molecule has 0 bridgehead atoms. The zero-order valence-electron chi connectivity index (χ0n) is 15.7. The van der Waals surface area contributed by atoms with Gasteiger partial charge in [-0.25, -0.2) is 4.79 Å². The Morgan fingerprint density at radius 2 is 1.61 bits per heavy atom. The van der Waals surface area contributed by atoms with Gasteiger partial charge in [0.25, 0.3) is 5.91 Å². The third-order valence-electron chi connectivity index (χ3n) is 5.54. The van der Waals surface area contributed by atoms with Crippen molar-refractivity contribution in [3.63, 3.8) is 0 Å². The number of hydrogen-bond acceptors (Lipinski definition) is 3. The van der Waals surface area contributed by atoms with Gasteiger partial charge in [0.05, 0.1) is 0 Å². The Morgan fingerprint density at radius 1 is 1.07 bits per heavy atom. The van der Waals surface area contributed by atoms with Crippen LogP contribution in [0.5, 0.6) is 0 Å². The molecule has 0 radical (unpaired) electrons. The molecule has 144 valence electrons. The van der Waals surface area contributed by atoms with Crippen molar-refractivity contribution in [1.82, 2.24) is 15.5 Å². The monoisotopic (exact) mass is 377 g/mol. The van der Waals surface area contributed by atoms with Crippen molar-refractivity contribution in [2.45, 2.75) is 31.3 Å². The van der Waals surface area contributed by atoms with E-state index < -0.39 is 17.5 Å². The SMILES string of the molecule is C[C@H](NC(=O)CN1C(=O)NC(c2ccccc2)(c2ccccc2)C1=O)C1CC1. The quantitative estimate of drug-likeness (QED) is 0.759. The van der Waals surface area contributed by atoms with E-state index in [1.807, 2.05) is 67.6 Å². The molecule has 1 saturated heterocycles. The number of nitrogens with zero attached hydrogens (tertiary/aromatic N) is 1. The number of rotatable bonds is 6. The highest BCUT2D eigenvalue weighted by molar-refractivity contribution is 6.11. The smallest absolute Gasteiger partial charge is 0.326 e. The molecule has 6 heteroatoms. The number of amides is 4. The summed E-state index contributed by atoms with van der Waals surface area (Å²) < 4.78 is 0. The minimum absolute atomic E-state index is 0.0567. The second-order valence-corrected chi connectivity index (χ2v) is 7.50. The highest BCUT2D eigenvalue weighted by Crippen LogP contribution is 2.36. The largest absolute Gasteiger partial charge is 0.352 e. The van der Waals surface area contributed by atoms with Gasteiger partial charge in [0, 0.05) is 6.04 Å². The molecule has 4 amide bonds. The summed E-state index contributed by atoms with van der Waals surface area (Å²) in [6.07, 6.45) is 2.21. The Hall–Kier alpha value is -3.15. The standard InChI is InChI=1S/C22H23N3O3/c1-15(16-12-13-16)23-19(26)14-25-20(27)22(24-21(25)28,17-8-4-2-5-9-17)18-10-6-3-7-11-18/h2-11,15-16H,12-14H2,1H3,(H,23,26)(H,24,28)/t15-/m0/s1. The average molecular weight is 377 g/mol. The molecule has 6 nitrogen and oxygen atoms in total. The van der Waals surface area contributed by atoms with Crippen LogP contribution in [0, 0.1) is 5.92 Å². The van der Waals surface area contributed by atoms with E-state index in [0.717, 1.165) is 17.7 Å². The van der Waals surface area contributed by atoms with Gasteiger partial charge in [0.2, 0.25) is 5.91 Å². The summed E-state index contributed by atoms with van der Waals surface area (Å²) in [6, 6.07) is 17.7. The normalized spacial score (nSPS) is 19.2. The first-order chi connectivity index (χ1) is 13.5.